The summed E-state index contributed by atoms with van der Waals surface area (Å²) in [5, 5.41) is 3.84. The second kappa shape index (κ2) is 5.71. The zero-order valence-corrected chi connectivity index (χ0v) is 12.3. The lowest BCUT2D eigenvalue weighted by molar-refractivity contribution is 0.0945. The molecule has 3 aromatic rings. The highest BCUT2D eigenvalue weighted by atomic mass is 35.5. The molecule has 0 aliphatic heterocycles. The molecule has 0 atom stereocenters. The monoisotopic (exact) mass is 320 g/mol. The van der Waals surface area contributed by atoms with E-state index < -0.39 is 0 Å². The highest BCUT2D eigenvalue weighted by Gasteiger charge is 2.09. The molecule has 1 N–H and O–H groups in total. The summed E-state index contributed by atoms with van der Waals surface area (Å²) in [6, 6.07) is 6.71. The van der Waals surface area contributed by atoms with Crippen LogP contribution in [0.25, 0.3) is 5.65 Å². The van der Waals surface area contributed by atoms with Gasteiger partial charge in [0, 0.05) is 23.6 Å². The number of imidazole rings is 1. The molecule has 0 bridgehead atoms. The molecule has 0 saturated heterocycles. The molecule has 0 aromatic carbocycles. The van der Waals surface area contributed by atoms with Crippen molar-refractivity contribution >= 4 is 34.8 Å². The molecule has 0 fully saturated rings. The summed E-state index contributed by atoms with van der Waals surface area (Å²) in [6.45, 7) is 0.298. The predicted molar refractivity (Wildman–Crippen MR) is 80.6 cm³/mol. The first-order valence-corrected chi connectivity index (χ1v) is 6.90. The minimum Gasteiger partial charge on any atom is -0.345 e. The number of nitrogens with one attached hydrogen (secondary N) is 1. The molecule has 0 aliphatic carbocycles. The lowest BCUT2D eigenvalue weighted by atomic mass is 10.3. The minimum absolute atomic E-state index is 0.273. The molecule has 3 rings (SSSR count). The Hall–Kier alpha value is -2.11. The summed E-state index contributed by atoms with van der Waals surface area (Å²) in [7, 11) is 0. The molecule has 106 valence electrons. The van der Waals surface area contributed by atoms with Gasteiger partial charge in [-0.25, -0.2) is 4.98 Å². The van der Waals surface area contributed by atoms with E-state index in [1.165, 1.54) is 12.3 Å². The number of hydrogen-bond acceptors (Lipinski definition) is 3. The van der Waals surface area contributed by atoms with Gasteiger partial charge in [-0.15, -0.1) is 0 Å². The Morgan fingerprint density at radius 3 is 2.86 bits per heavy atom. The normalized spacial score (nSPS) is 10.8. The van der Waals surface area contributed by atoms with E-state index >= 15 is 0 Å². The van der Waals surface area contributed by atoms with Crippen molar-refractivity contribution in [1.29, 1.82) is 0 Å². The lowest BCUT2D eigenvalue weighted by Gasteiger charge is -2.02. The van der Waals surface area contributed by atoms with E-state index in [0.717, 1.165) is 11.3 Å². The average Bonchev–Trinajstić information content (AvgIpc) is 2.86. The fourth-order valence-electron chi connectivity index (χ4n) is 1.89. The van der Waals surface area contributed by atoms with Crippen molar-refractivity contribution in [2.24, 2.45) is 0 Å². The smallest absolute Gasteiger partial charge is 0.270 e. The van der Waals surface area contributed by atoms with E-state index in [4.69, 9.17) is 23.2 Å². The van der Waals surface area contributed by atoms with Gasteiger partial charge in [0.25, 0.3) is 5.91 Å². The number of carbonyl (C=O) groups excluding carboxylic acids is 1. The first kappa shape index (κ1) is 13.9. The van der Waals surface area contributed by atoms with Gasteiger partial charge >= 0.3 is 0 Å². The summed E-state index contributed by atoms with van der Waals surface area (Å²) in [5.41, 5.74) is 1.77. The van der Waals surface area contributed by atoms with E-state index in [2.05, 4.69) is 15.3 Å². The SMILES string of the molecule is O=C(NCc1cn2cc(Cl)ccc2n1)c1cc(Cl)ccn1. The lowest BCUT2D eigenvalue weighted by Crippen LogP contribution is -2.23. The van der Waals surface area contributed by atoms with Crippen molar-refractivity contribution < 1.29 is 4.79 Å². The molecule has 0 saturated carbocycles. The molecule has 7 heteroatoms. The Labute approximate surface area is 130 Å². The summed E-state index contributed by atoms with van der Waals surface area (Å²) in [4.78, 5) is 20.3. The largest absolute Gasteiger partial charge is 0.345 e. The van der Waals surface area contributed by atoms with Gasteiger partial charge in [0.2, 0.25) is 0 Å². The van der Waals surface area contributed by atoms with Crippen LogP contribution in [0.5, 0.6) is 0 Å². The van der Waals surface area contributed by atoms with Crippen LogP contribution >= 0.6 is 23.2 Å². The van der Waals surface area contributed by atoms with Gasteiger partial charge in [-0.05, 0) is 24.3 Å². The molecule has 0 unspecified atom stereocenters. The Kier molecular flexibility index (Phi) is 3.77. The Morgan fingerprint density at radius 1 is 1.19 bits per heavy atom. The van der Waals surface area contributed by atoms with Crippen LogP contribution in [-0.4, -0.2) is 20.3 Å². The number of amides is 1. The van der Waals surface area contributed by atoms with E-state index in [1.54, 1.807) is 18.3 Å². The van der Waals surface area contributed by atoms with E-state index in [0.29, 0.717) is 16.6 Å². The zero-order chi connectivity index (χ0) is 14.8. The van der Waals surface area contributed by atoms with Crippen molar-refractivity contribution in [3.63, 3.8) is 0 Å². The van der Waals surface area contributed by atoms with E-state index in [1.807, 2.05) is 16.7 Å². The first-order chi connectivity index (χ1) is 10.1. The fraction of sp³-hybridized carbons (Fsp3) is 0.0714. The third-order valence-corrected chi connectivity index (χ3v) is 3.31. The van der Waals surface area contributed by atoms with Crippen LogP contribution in [0.15, 0.2) is 42.9 Å². The van der Waals surface area contributed by atoms with Gasteiger partial charge < -0.3 is 9.72 Å². The van der Waals surface area contributed by atoms with Crippen LogP contribution in [-0.2, 0) is 6.54 Å². The van der Waals surface area contributed by atoms with Crippen molar-refractivity contribution in [2.45, 2.75) is 6.54 Å². The first-order valence-electron chi connectivity index (χ1n) is 6.15. The zero-order valence-electron chi connectivity index (χ0n) is 10.8. The molecule has 21 heavy (non-hydrogen) atoms. The molecule has 0 spiro atoms. The highest BCUT2D eigenvalue weighted by molar-refractivity contribution is 6.31. The van der Waals surface area contributed by atoms with Crippen LogP contribution in [0.1, 0.15) is 16.2 Å². The number of aromatic nitrogens is 3. The summed E-state index contributed by atoms with van der Waals surface area (Å²) < 4.78 is 1.81. The number of halogens is 2. The number of pyridine rings is 2. The fourth-order valence-corrected chi connectivity index (χ4v) is 2.22. The summed E-state index contributed by atoms with van der Waals surface area (Å²) in [6.07, 6.45) is 5.06. The van der Waals surface area contributed by atoms with Crippen LogP contribution in [0.3, 0.4) is 0 Å². The van der Waals surface area contributed by atoms with Crippen LogP contribution < -0.4 is 5.32 Å². The van der Waals surface area contributed by atoms with Gasteiger partial charge in [0.1, 0.15) is 11.3 Å². The van der Waals surface area contributed by atoms with E-state index in [-0.39, 0.29) is 11.6 Å². The molecule has 1 amide bonds. The highest BCUT2D eigenvalue weighted by Crippen LogP contribution is 2.12. The Morgan fingerprint density at radius 2 is 2.05 bits per heavy atom. The molecular formula is C14H10Cl2N4O. The maximum absolute atomic E-state index is 12.0. The maximum Gasteiger partial charge on any atom is 0.270 e. The molecular weight excluding hydrogens is 311 g/mol. The predicted octanol–water partition coefficient (Wildman–Crippen LogP) is 2.97. The number of fused-ring (bicyclic) bond motifs is 1. The van der Waals surface area contributed by atoms with Gasteiger partial charge in [-0.3, -0.25) is 9.78 Å². The summed E-state index contributed by atoms with van der Waals surface area (Å²) >= 11 is 11.7. The molecule has 0 radical (unpaired) electrons. The van der Waals surface area contributed by atoms with Gasteiger partial charge in [-0.1, -0.05) is 23.2 Å². The quantitative estimate of drug-likeness (QED) is 0.807. The van der Waals surface area contributed by atoms with Gasteiger partial charge in [0.15, 0.2) is 0 Å². The molecule has 0 aliphatic rings. The second-order valence-electron chi connectivity index (χ2n) is 4.39. The van der Waals surface area contributed by atoms with Crippen molar-refractivity contribution in [3.8, 4) is 0 Å². The minimum atomic E-state index is -0.299. The number of carbonyl (C=O) groups is 1. The van der Waals surface area contributed by atoms with E-state index in [9.17, 15) is 4.79 Å². The van der Waals surface area contributed by atoms with Crippen molar-refractivity contribution in [1.82, 2.24) is 19.7 Å². The summed E-state index contributed by atoms with van der Waals surface area (Å²) in [5.74, 6) is -0.299. The molecule has 3 heterocycles. The second-order valence-corrected chi connectivity index (χ2v) is 5.26. The van der Waals surface area contributed by atoms with Gasteiger partial charge in [0.05, 0.1) is 17.3 Å². The standard InChI is InChI=1S/C14H10Cl2N4O/c15-9-3-4-17-12(5-9)14(21)18-6-11-8-20-7-10(16)1-2-13(20)19-11/h1-5,7-8H,6H2,(H,18,21). The third-order valence-electron chi connectivity index (χ3n) is 2.85. The molecule has 5 nitrogen and oxygen atoms in total. The Bertz CT molecular complexity index is 816. The van der Waals surface area contributed by atoms with Crippen LogP contribution in [0, 0.1) is 0 Å². The van der Waals surface area contributed by atoms with Crippen molar-refractivity contribution in [3.05, 3.63) is 64.3 Å². The topological polar surface area (TPSA) is 59.3 Å². The van der Waals surface area contributed by atoms with Crippen LogP contribution in [0.2, 0.25) is 10.0 Å². The Balaban J connectivity index is 1.72. The molecule has 3 aromatic heterocycles. The van der Waals surface area contributed by atoms with Gasteiger partial charge in [-0.2, -0.15) is 0 Å². The average molecular weight is 321 g/mol. The van der Waals surface area contributed by atoms with Crippen molar-refractivity contribution in [2.75, 3.05) is 0 Å². The third kappa shape index (κ3) is 3.15. The maximum atomic E-state index is 12.0. The van der Waals surface area contributed by atoms with Crippen LogP contribution in [0.4, 0.5) is 0 Å². The number of hydrogen-bond donors (Lipinski definition) is 1. The number of nitrogens with zero attached hydrogens (tertiary/aromatic N) is 3. The number of rotatable bonds is 3.